The van der Waals surface area contributed by atoms with Crippen molar-refractivity contribution in [3.05, 3.63) is 67.1 Å². The van der Waals surface area contributed by atoms with Crippen LogP contribution in [0.25, 0.3) is 0 Å². The highest BCUT2D eigenvalue weighted by Crippen LogP contribution is 2.28. The van der Waals surface area contributed by atoms with E-state index in [1.165, 1.54) is 0 Å². The summed E-state index contributed by atoms with van der Waals surface area (Å²) in [7, 11) is 0. The molecule has 0 aliphatic rings. The fraction of sp³-hybridized carbons (Fsp3) is 0.250. The second kappa shape index (κ2) is 7.85. The summed E-state index contributed by atoms with van der Waals surface area (Å²) < 4.78 is 0.974. The van der Waals surface area contributed by atoms with Crippen LogP contribution < -0.4 is 5.32 Å². The zero-order valence-electron chi connectivity index (χ0n) is 11.5. The van der Waals surface area contributed by atoms with E-state index >= 15 is 0 Å². The van der Waals surface area contributed by atoms with Gasteiger partial charge < -0.3 is 5.32 Å². The first-order chi connectivity index (χ1) is 9.99. The number of benzene rings is 2. The van der Waals surface area contributed by atoms with Crippen molar-refractivity contribution in [3.63, 3.8) is 0 Å². The highest BCUT2D eigenvalue weighted by atomic mass is 79.9. The predicted molar refractivity (Wildman–Crippen MR) is 95.7 cm³/mol. The van der Waals surface area contributed by atoms with Gasteiger partial charge >= 0.3 is 0 Å². The molecule has 1 nitrogen and oxygen atoms in total. The second-order valence-corrected chi connectivity index (χ2v) is 6.93. The van der Waals surface area contributed by atoms with Gasteiger partial charge in [0.1, 0.15) is 0 Å². The van der Waals surface area contributed by atoms with Gasteiger partial charge in [-0.1, -0.05) is 63.7 Å². The van der Waals surface area contributed by atoms with E-state index in [-0.39, 0.29) is 6.04 Å². The van der Waals surface area contributed by atoms with Crippen LogP contribution in [0.1, 0.15) is 24.1 Å². The maximum atomic E-state index is 6.15. The number of hydrogen-bond donors (Lipinski definition) is 1. The topological polar surface area (TPSA) is 12.0 Å². The summed E-state index contributed by atoms with van der Waals surface area (Å²) in [6, 6.07) is 11.9. The number of hydrogen-bond acceptors (Lipinski definition) is 1. The third-order valence-corrected chi connectivity index (χ3v) is 4.58. The zero-order chi connectivity index (χ0) is 15.4. The van der Waals surface area contributed by atoms with Gasteiger partial charge in [0.2, 0.25) is 0 Å². The molecular weight excluding hydrogens is 392 g/mol. The van der Waals surface area contributed by atoms with Crippen molar-refractivity contribution in [1.29, 1.82) is 0 Å². The van der Waals surface area contributed by atoms with Crippen LogP contribution in [-0.2, 0) is 6.42 Å². The maximum absolute atomic E-state index is 6.15. The molecule has 0 bridgehead atoms. The summed E-state index contributed by atoms with van der Waals surface area (Å²) in [6.07, 6.45) is 0.817. The Bertz CT molecular complexity index is 611. The average Bonchev–Trinajstić information content (AvgIpc) is 2.41. The van der Waals surface area contributed by atoms with E-state index in [0.29, 0.717) is 10.0 Å². The van der Waals surface area contributed by atoms with Gasteiger partial charge in [0.05, 0.1) is 10.0 Å². The van der Waals surface area contributed by atoms with Crippen molar-refractivity contribution >= 4 is 50.7 Å². The number of likely N-dealkylation sites (N-methyl/N-ethyl adjacent to an activating group) is 1. The Balaban J connectivity index is 2.27. The Morgan fingerprint density at radius 2 is 1.81 bits per heavy atom. The Morgan fingerprint density at radius 1 is 1.05 bits per heavy atom. The maximum Gasteiger partial charge on any atom is 0.0595 e. The zero-order valence-corrected chi connectivity index (χ0v) is 15.3. The highest BCUT2D eigenvalue weighted by molar-refractivity contribution is 9.10. The van der Waals surface area contributed by atoms with Crippen molar-refractivity contribution in [2.24, 2.45) is 0 Å². The molecule has 21 heavy (non-hydrogen) atoms. The quantitative estimate of drug-likeness (QED) is 0.613. The van der Waals surface area contributed by atoms with E-state index in [1.807, 2.05) is 30.3 Å². The Hall–Kier alpha value is -0.250. The van der Waals surface area contributed by atoms with Crippen LogP contribution >= 0.6 is 50.7 Å². The largest absolute Gasteiger partial charge is 0.310 e. The molecule has 0 saturated heterocycles. The van der Waals surface area contributed by atoms with Crippen molar-refractivity contribution in [1.82, 2.24) is 5.32 Å². The minimum absolute atomic E-state index is 0.169. The molecule has 0 saturated carbocycles. The van der Waals surface area contributed by atoms with Gasteiger partial charge in [0.25, 0.3) is 0 Å². The lowest BCUT2D eigenvalue weighted by molar-refractivity contribution is 0.549. The van der Waals surface area contributed by atoms with Crippen LogP contribution in [-0.4, -0.2) is 6.54 Å². The molecule has 0 aliphatic carbocycles. The number of halogens is 4. The van der Waals surface area contributed by atoms with E-state index < -0.39 is 0 Å². The van der Waals surface area contributed by atoms with Gasteiger partial charge in [0, 0.05) is 15.5 Å². The molecule has 2 aromatic carbocycles. The molecule has 1 atom stereocenters. The average molecular weight is 408 g/mol. The summed E-state index contributed by atoms with van der Waals surface area (Å²) in [6.45, 7) is 2.96. The van der Waals surface area contributed by atoms with Crippen molar-refractivity contribution in [2.75, 3.05) is 6.54 Å². The normalized spacial score (nSPS) is 12.4. The van der Waals surface area contributed by atoms with E-state index in [2.05, 4.69) is 34.2 Å². The molecule has 1 unspecified atom stereocenters. The standard InChI is InChI=1S/C16H15BrCl3N/c1-2-21-16(11-7-12(17)9-13(18)8-11)6-10-3-4-14(19)15(20)5-10/h3-5,7-9,16,21H,2,6H2,1H3. The Labute approximate surface area is 148 Å². The first-order valence-corrected chi connectivity index (χ1v) is 8.55. The first-order valence-electron chi connectivity index (χ1n) is 6.63. The first kappa shape index (κ1) is 17.1. The lowest BCUT2D eigenvalue weighted by Gasteiger charge is -2.19. The summed E-state index contributed by atoms with van der Waals surface area (Å²) in [4.78, 5) is 0. The van der Waals surface area contributed by atoms with E-state index in [9.17, 15) is 0 Å². The molecule has 0 amide bonds. The minimum Gasteiger partial charge on any atom is -0.310 e. The lowest BCUT2D eigenvalue weighted by atomic mass is 9.99. The summed E-state index contributed by atoms with van der Waals surface area (Å²) in [5, 5.41) is 5.35. The van der Waals surface area contributed by atoms with Crippen molar-refractivity contribution in [3.8, 4) is 0 Å². The molecule has 0 fully saturated rings. The molecule has 0 aromatic heterocycles. The fourth-order valence-corrected chi connectivity index (χ4v) is 3.44. The summed E-state index contributed by atoms with van der Waals surface area (Å²) in [5.74, 6) is 0. The van der Waals surface area contributed by atoms with Gasteiger partial charge in [-0.15, -0.1) is 0 Å². The third kappa shape index (κ3) is 4.87. The van der Waals surface area contributed by atoms with Crippen LogP contribution in [0.3, 0.4) is 0 Å². The van der Waals surface area contributed by atoms with Gasteiger partial charge in [0.15, 0.2) is 0 Å². The fourth-order valence-electron chi connectivity index (χ4n) is 2.23. The van der Waals surface area contributed by atoms with Crippen LogP contribution in [0.2, 0.25) is 15.1 Å². The van der Waals surface area contributed by atoms with Gasteiger partial charge in [-0.05, 0) is 54.4 Å². The SMILES string of the molecule is CCNC(Cc1ccc(Cl)c(Cl)c1)c1cc(Cl)cc(Br)c1. The second-order valence-electron chi connectivity index (χ2n) is 4.77. The molecule has 0 heterocycles. The molecule has 0 aliphatic heterocycles. The molecular formula is C16H15BrCl3N. The van der Waals surface area contributed by atoms with Gasteiger partial charge in [-0.3, -0.25) is 0 Å². The Kier molecular flexibility index (Phi) is 6.39. The molecule has 2 aromatic rings. The van der Waals surface area contributed by atoms with E-state index in [0.717, 1.165) is 33.6 Å². The van der Waals surface area contributed by atoms with Crippen LogP contribution in [0.5, 0.6) is 0 Å². The third-order valence-electron chi connectivity index (χ3n) is 3.16. The molecule has 5 heteroatoms. The number of nitrogens with one attached hydrogen (secondary N) is 1. The van der Waals surface area contributed by atoms with Gasteiger partial charge in [-0.2, -0.15) is 0 Å². The monoisotopic (exact) mass is 405 g/mol. The van der Waals surface area contributed by atoms with Gasteiger partial charge in [-0.25, -0.2) is 0 Å². The predicted octanol–water partition coefficient (Wildman–Crippen LogP) is 6.30. The smallest absolute Gasteiger partial charge is 0.0595 e. The number of rotatable bonds is 5. The van der Waals surface area contributed by atoms with Crippen LogP contribution in [0, 0.1) is 0 Å². The summed E-state index contributed by atoms with van der Waals surface area (Å²) in [5.41, 5.74) is 2.27. The molecule has 2 rings (SSSR count). The Morgan fingerprint density at radius 3 is 2.43 bits per heavy atom. The van der Waals surface area contributed by atoms with Crippen molar-refractivity contribution in [2.45, 2.75) is 19.4 Å². The van der Waals surface area contributed by atoms with E-state index in [4.69, 9.17) is 34.8 Å². The van der Waals surface area contributed by atoms with E-state index in [1.54, 1.807) is 0 Å². The molecule has 0 radical (unpaired) electrons. The minimum atomic E-state index is 0.169. The lowest BCUT2D eigenvalue weighted by Crippen LogP contribution is -2.23. The summed E-state index contributed by atoms with van der Waals surface area (Å²) >= 11 is 21.7. The van der Waals surface area contributed by atoms with Crippen LogP contribution in [0.15, 0.2) is 40.9 Å². The van der Waals surface area contributed by atoms with Crippen LogP contribution in [0.4, 0.5) is 0 Å². The highest BCUT2D eigenvalue weighted by Gasteiger charge is 2.13. The molecule has 1 N–H and O–H groups in total. The van der Waals surface area contributed by atoms with Crippen molar-refractivity contribution < 1.29 is 0 Å². The molecule has 112 valence electrons. The molecule has 0 spiro atoms.